The first kappa shape index (κ1) is 12.0. The van der Waals surface area contributed by atoms with Crippen LogP contribution in [0, 0.1) is 0 Å². The lowest BCUT2D eigenvalue weighted by molar-refractivity contribution is -0.141. The molecule has 1 heterocycles. The first-order chi connectivity index (χ1) is 7.19. The summed E-state index contributed by atoms with van der Waals surface area (Å²) in [6, 6.07) is 0. The van der Waals surface area contributed by atoms with Crippen LogP contribution in [0.15, 0.2) is 0 Å². The Bertz CT molecular complexity index is 243. The average Bonchev–Trinajstić information content (AvgIpc) is 2.57. The normalized spacial score (nSPS) is 20.8. The molecular weight excluding hydrogens is 196 g/mol. The number of nitrogens with zero attached hydrogens (tertiary/aromatic N) is 1. The van der Waals surface area contributed by atoms with Crippen molar-refractivity contribution in [3.63, 3.8) is 0 Å². The van der Waals surface area contributed by atoms with Crippen LogP contribution in [0.5, 0.6) is 0 Å². The van der Waals surface area contributed by atoms with E-state index in [1.54, 1.807) is 4.90 Å². The third-order valence-corrected chi connectivity index (χ3v) is 2.53. The van der Waals surface area contributed by atoms with Crippen LogP contribution in [0.1, 0.15) is 26.2 Å². The van der Waals surface area contributed by atoms with Crippen molar-refractivity contribution in [2.45, 2.75) is 32.4 Å². The van der Waals surface area contributed by atoms with E-state index in [0.29, 0.717) is 13.1 Å². The zero-order chi connectivity index (χ0) is 11.3. The molecule has 0 aliphatic carbocycles. The molecule has 0 aromatic rings. The van der Waals surface area contributed by atoms with Crippen molar-refractivity contribution in [2.24, 2.45) is 0 Å². The zero-order valence-electron chi connectivity index (χ0n) is 9.28. The monoisotopic (exact) mass is 214 g/mol. The molecule has 1 fully saturated rings. The van der Waals surface area contributed by atoms with Crippen LogP contribution in [0.4, 0.5) is 0 Å². The molecule has 15 heavy (non-hydrogen) atoms. The Morgan fingerprint density at radius 3 is 3.00 bits per heavy atom. The number of nitrogens with one attached hydrogen (secondary N) is 1. The van der Waals surface area contributed by atoms with Crippen molar-refractivity contribution in [1.29, 1.82) is 0 Å². The molecule has 1 aliphatic rings. The number of methoxy groups -OCH3 is 1. The summed E-state index contributed by atoms with van der Waals surface area (Å²) >= 11 is 0. The van der Waals surface area contributed by atoms with E-state index in [0.717, 1.165) is 12.8 Å². The van der Waals surface area contributed by atoms with E-state index in [4.69, 9.17) is 0 Å². The van der Waals surface area contributed by atoms with Crippen LogP contribution in [0.2, 0.25) is 0 Å². The minimum atomic E-state index is -0.273. The smallest absolute Gasteiger partial charge is 0.307 e. The van der Waals surface area contributed by atoms with Gasteiger partial charge in [0.2, 0.25) is 5.91 Å². The second kappa shape index (κ2) is 5.70. The van der Waals surface area contributed by atoms with E-state index in [1.807, 2.05) is 0 Å². The van der Waals surface area contributed by atoms with Crippen LogP contribution in [-0.4, -0.2) is 43.1 Å². The molecule has 0 saturated carbocycles. The standard InChI is InChI=1S/C10H18N2O3/c1-3-4-8-11-7-9(13)12(8)6-5-10(14)15-2/h8,11H,3-7H2,1-2H3. The van der Waals surface area contributed by atoms with Gasteiger partial charge in [-0.05, 0) is 6.42 Å². The van der Waals surface area contributed by atoms with Crippen molar-refractivity contribution in [3.8, 4) is 0 Å². The summed E-state index contributed by atoms with van der Waals surface area (Å²) in [6.45, 7) is 2.90. The number of rotatable bonds is 5. The van der Waals surface area contributed by atoms with E-state index >= 15 is 0 Å². The Hall–Kier alpha value is -1.10. The van der Waals surface area contributed by atoms with Gasteiger partial charge in [-0.15, -0.1) is 0 Å². The maximum Gasteiger partial charge on any atom is 0.307 e. The lowest BCUT2D eigenvalue weighted by Gasteiger charge is -2.23. The fourth-order valence-electron chi connectivity index (χ4n) is 1.72. The molecule has 86 valence electrons. The molecule has 5 nitrogen and oxygen atoms in total. The highest BCUT2D eigenvalue weighted by atomic mass is 16.5. The summed E-state index contributed by atoms with van der Waals surface area (Å²) in [5.41, 5.74) is 0. The number of carbonyl (C=O) groups excluding carboxylic acids is 2. The zero-order valence-corrected chi connectivity index (χ0v) is 9.28. The summed E-state index contributed by atoms with van der Waals surface area (Å²) in [5.74, 6) is -0.206. The molecule has 0 spiro atoms. The predicted molar refractivity (Wildman–Crippen MR) is 55.0 cm³/mol. The average molecular weight is 214 g/mol. The summed E-state index contributed by atoms with van der Waals surface area (Å²) < 4.78 is 4.54. The van der Waals surface area contributed by atoms with Gasteiger partial charge in [0, 0.05) is 6.54 Å². The molecule has 5 heteroatoms. The first-order valence-electron chi connectivity index (χ1n) is 5.28. The molecule has 1 aliphatic heterocycles. The van der Waals surface area contributed by atoms with Gasteiger partial charge in [-0.25, -0.2) is 0 Å². The summed E-state index contributed by atoms with van der Waals surface area (Å²) in [4.78, 5) is 24.2. The molecule has 0 radical (unpaired) electrons. The minimum Gasteiger partial charge on any atom is -0.469 e. The van der Waals surface area contributed by atoms with Gasteiger partial charge in [0.05, 0.1) is 26.2 Å². The molecule has 1 rings (SSSR count). The van der Waals surface area contributed by atoms with E-state index in [-0.39, 0.29) is 24.5 Å². The van der Waals surface area contributed by atoms with Crippen molar-refractivity contribution in [3.05, 3.63) is 0 Å². The highest BCUT2D eigenvalue weighted by molar-refractivity contribution is 5.81. The van der Waals surface area contributed by atoms with Gasteiger partial charge in [0.15, 0.2) is 0 Å². The van der Waals surface area contributed by atoms with Crippen LogP contribution < -0.4 is 5.32 Å². The maximum absolute atomic E-state index is 11.5. The third-order valence-electron chi connectivity index (χ3n) is 2.53. The molecule has 1 N–H and O–H groups in total. The van der Waals surface area contributed by atoms with Gasteiger partial charge < -0.3 is 9.64 Å². The number of esters is 1. The van der Waals surface area contributed by atoms with Crippen molar-refractivity contribution >= 4 is 11.9 Å². The maximum atomic E-state index is 11.5. The Morgan fingerprint density at radius 2 is 2.40 bits per heavy atom. The van der Waals surface area contributed by atoms with Gasteiger partial charge >= 0.3 is 5.97 Å². The predicted octanol–water partition coefficient (Wildman–Crippen LogP) is 0.107. The summed E-state index contributed by atoms with van der Waals surface area (Å²) in [5, 5.41) is 3.12. The van der Waals surface area contributed by atoms with E-state index in [9.17, 15) is 9.59 Å². The highest BCUT2D eigenvalue weighted by Gasteiger charge is 2.29. The number of hydrogen-bond acceptors (Lipinski definition) is 4. The van der Waals surface area contributed by atoms with Gasteiger partial charge in [0.1, 0.15) is 0 Å². The van der Waals surface area contributed by atoms with Crippen molar-refractivity contribution in [1.82, 2.24) is 10.2 Å². The quantitative estimate of drug-likeness (QED) is 0.660. The summed E-state index contributed by atoms with van der Waals surface area (Å²) in [7, 11) is 1.36. The third kappa shape index (κ3) is 3.20. The van der Waals surface area contributed by atoms with Gasteiger partial charge in [-0.2, -0.15) is 0 Å². The first-order valence-corrected chi connectivity index (χ1v) is 5.28. The van der Waals surface area contributed by atoms with Gasteiger partial charge in [0.25, 0.3) is 0 Å². The molecule has 0 aromatic carbocycles. The molecule has 0 aromatic heterocycles. The number of carbonyl (C=O) groups is 2. The Balaban J connectivity index is 2.42. The minimum absolute atomic E-state index is 0.0670. The largest absolute Gasteiger partial charge is 0.469 e. The summed E-state index contributed by atoms with van der Waals surface area (Å²) in [6.07, 6.45) is 2.30. The van der Waals surface area contributed by atoms with Crippen LogP contribution >= 0.6 is 0 Å². The van der Waals surface area contributed by atoms with Crippen molar-refractivity contribution in [2.75, 3.05) is 20.2 Å². The van der Waals surface area contributed by atoms with Gasteiger partial charge in [-0.3, -0.25) is 14.9 Å². The van der Waals surface area contributed by atoms with Gasteiger partial charge in [-0.1, -0.05) is 13.3 Å². The Labute approximate surface area is 89.8 Å². The fraction of sp³-hybridized carbons (Fsp3) is 0.800. The lowest BCUT2D eigenvalue weighted by atomic mass is 10.2. The van der Waals surface area contributed by atoms with E-state index in [1.165, 1.54) is 7.11 Å². The Morgan fingerprint density at radius 1 is 1.67 bits per heavy atom. The molecular formula is C10H18N2O3. The van der Waals surface area contributed by atoms with Crippen LogP contribution in [-0.2, 0) is 14.3 Å². The number of ether oxygens (including phenoxy) is 1. The van der Waals surface area contributed by atoms with Crippen molar-refractivity contribution < 1.29 is 14.3 Å². The highest BCUT2D eigenvalue weighted by Crippen LogP contribution is 2.11. The van der Waals surface area contributed by atoms with E-state index in [2.05, 4.69) is 17.0 Å². The second-order valence-electron chi connectivity index (χ2n) is 3.60. The SMILES string of the molecule is CCCC1NCC(=O)N1CCC(=O)OC. The fourth-order valence-corrected chi connectivity index (χ4v) is 1.72. The van der Waals surface area contributed by atoms with Crippen LogP contribution in [0.3, 0.4) is 0 Å². The molecule has 1 atom stereocenters. The lowest BCUT2D eigenvalue weighted by Crippen LogP contribution is -2.38. The number of amides is 1. The molecule has 0 bridgehead atoms. The number of hydrogen-bond donors (Lipinski definition) is 1. The second-order valence-corrected chi connectivity index (χ2v) is 3.60. The molecule has 1 unspecified atom stereocenters. The molecule has 1 amide bonds. The topological polar surface area (TPSA) is 58.6 Å². The van der Waals surface area contributed by atoms with E-state index < -0.39 is 0 Å². The Kier molecular flexibility index (Phi) is 4.55. The van der Waals surface area contributed by atoms with Crippen LogP contribution in [0.25, 0.3) is 0 Å². The molecule has 1 saturated heterocycles.